The van der Waals surface area contributed by atoms with Gasteiger partial charge >= 0.3 is 0 Å². The zero-order valence-electron chi connectivity index (χ0n) is 12.3. The van der Waals surface area contributed by atoms with Gasteiger partial charge < -0.3 is 10.1 Å². The fraction of sp³-hybridized carbons (Fsp3) is 0.125. The smallest absolute Gasteiger partial charge is 0.259 e. The van der Waals surface area contributed by atoms with Crippen LogP contribution in [0.2, 0.25) is 10.0 Å². The molecular formula is C16H15Cl2N3O2. The van der Waals surface area contributed by atoms with E-state index >= 15 is 0 Å². The van der Waals surface area contributed by atoms with Crippen molar-refractivity contribution in [1.82, 2.24) is 5.43 Å². The molecule has 0 radical (unpaired) electrons. The molecule has 0 aliphatic rings. The molecule has 2 N–H and O–H groups in total. The molecule has 0 bridgehead atoms. The van der Waals surface area contributed by atoms with Crippen LogP contribution in [0.4, 0.5) is 5.69 Å². The Hall–Kier alpha value is -2.24. The summed E-state index contributed by atoms with van der Waals surface area (Å²) in [5.74, 6) is 0.349. The number of hydrazone groups is 1. The second-order valence-corrected chi connectivity index (χ2v) is 5.30. The summed E-state index contributed by atoms with van der Waals surface area (Å²) in [5.41, 5.74) is 3.68. The summed E-state index contributed by atoms with van der Waals surface area (Å²) in [6, 6.07) is 12.4. The molecule has 0 saturated heterocycles. The first-order chi connectivity index (χ1) is 11.1. The molecule has 0 aromatic heterocycles. The van der Waals surface area contributed by atoms with Gasteiger partial charge in [-0.1, -0.05) is 41.4 Å². The van der Waals surface area contributed by atoms with Crippen LogP contribution >= 0.6 is 23.2 Å². The molecule has 0 fully saturated rings. The summed E-state index contributed by atoms with van der Waals surface area (Å²) in [7, 11) is 1.57. The predicted octanol–water partition coefficient (Wildman–Crippen LogP) is 3.56. The van der Waals surface area contributed by atoms with Gasteiger partial charge in [-0.05, 0) is 24.3 Å². The molecule has 0 saturated carbocycles. The maximum Gasteiger partial charge on any atom is 0.259 e. The fourth-order valence-electron chi connectivity index (χ4n) is 1.81. The SMILES string of the molecule is COc1ccccc1NCC(=O)N/N=C\c1c(Cl)cccc1Cl. The summed E-state index contributed by atoms with van der Waals surface area (Å²) in [6.07, 6.45) is 1.41. The van der Waals surface area contributed by atoms with Gasteiger partial charge in [0.1, 0.15) is 5.75 Å². The maximum atomic E-state index is 11.8. The van der Waals surface area contributed by atoms with Crippen molar-refractivity contribution in [2.24, 2.45) is 5.10 Å². The van der Waals surface area contributed by atoms with Gasteiger partial charge in [0.15, 0.2) is 0 Å². The number of nitrogens with zero attached hydrogens (tertiary/aromatic N) is 1. The third-order valence-corrected chi connectivity index (χ3v) is 3.59. The summed E-state index contributed by atoms with van der Waals surface area (Å²) in [5, 5.41) is 7.75. The summed E-state index contributed by atoms with van der Waals surface area (Å²) in [6.45, 7) is 0.0496. The Morgan fingerprint density at radius 1 is 1.17 bits per heavy atom. The van der Waals surface area contributed by atoms with Crippen molar-refractivity contribution < 1.29 is 9.53 Å². The normalized spacial score (nSPS) is 10.6. The Kier molecular flexibility index (Phi) is 6.26. The molecule has 2 aromatic carbocycles. The highest BCUT2D eigenvalue weighted by molar-refractivity contribution is 6.38. The van der Waals surface area contributed by atoms with Crippen LogP contribution in [-0.4, -0.2) is 25.8 Å². The van der Waals surface area contributed by atoms with E-state index in [1.165, 1.54) is 6.21 Å². The number of nitrogens with one attached hydrogen (secondary N) is 2. The van der Waals surface area contributed by atoms with Crippen molar-refractivity contribution in [3.05, 3.63) is 58.1 Å². The summed E-state index contributed by atoms with van der Waals surface area (Å²) >= 11 is 12.0. The van der Waals surface area contributed by atoms with E-state index in [4.69, 9.17) is 27.9 Å². The number of para-hydroxylation sites is 2. The van der Waals surface area contributed by atoms with Crippen molar-refractivity contribution in [3.8, 4) is 5.75 Å². The van der Waals surface area contributed by atoms with Crippen LogP contribution in [-0.2, 0) is 4.79 Å². The second kappa shape index (κ2) is 8.41. The topological polar surface area (TPSA) is 62.7 Å². The number of hydrogen-bond donors (Lipinski definition) is 2. The molecule has 5 nitrogen and oxygen atoms in total. The molecule has 0 unspecified atom stereocenters. The highest BCUT2D eigenvalue weighted by Gasteiger charge is 2.05. The minimum absolute atomic E-state index is 0.0496. The molecule has 23 heavy (non-hydrogen) atoms. The number of benzene rings is 2. The van der Waals surface area contributed by atoms with Gasteiger partial charge in [-0.2, -0.15) is 5.10 Å². The first-order valence-electron chi connectivity index (χ1n) is 6.74. The van der Waals surface area contributed by atoms with E-state index in [1.807, 2.05) is 18.2 Å². The number of carbonyl (C=O) groups excluding carboxylic acids is 1. The number of carbonyl (C=O) groups is 1. The first-order valence-corrected chi connectivity index (χ1v) is 7.50. The third-order valence-electron chi connectivity index (χ3n) is 2.93. The van der Waals surface area contributed by atoms with Crippen molar-refractivity contribution >= 4 is 41.0 Å². The van der Waals surface area contributed by atoms with Crippen LogP contribution in [0.1, 0.15) is 5.56 Å². The van der Waals surface area contributed by atoms with E-state index in [0.29, 0.717) is 21.4 Å². The fourth-order valence-corrected chi connectivity index (χ4v) is 2.30. The van der Waals surface area contributed by atoms with Crippen LogP contribution in [0, 0.1) is 0 Å². The number of methoxy groups -OCH3 is 1. The lowest BCUT2D eigenvalue weighted by molar-refractivity contribution is -0.119. The Morgan fingerprint density at radius 3 is 2.57 bits per heavy atom. The van der Waals surface area contributed by atoms with Crippen LogP contribution in [0.5, 0.6) is 5.75 Å². The van der Waals surface area contributed by atoms with Crippen LogP contribution in [0.15, 0.2) is 47.6 Å². The highest BCUT2D eigenvalue weighted by atomic mass is 35.5. The molecule has 2 aromatic rings. The van der Waals surface area contributed by atoms with Gasteiger partial charge in [0.25, 0.3) is 5.91 Å². The van der Waals surface area contributed by atoms with Crippen molar-refractivity contribution in [2.75, 3.05) is 19.0 Å². The second-order valence-electron chi connectivity index (χ2n) is 4.48. The lowest BCUT2D eigenvalue weighted by Crippen LogP contribution is -2.26. The van der Waals surface area contributed by atoms with Gasteiger partial charge in [-0.3, -0.25) is 4.79 Å². The molecule has 0 spiro atoms. The lowest BCUT2D eigenvalue weighted by atomic mass is 10.2. The molecule has 0 aliphatic heterocycles. The van der Waals surface area contributed by atoms with Gasteiger partial charge in [-0.15, -0.1) is 0 Å². The number of hydrogen-bond acceptors (Lipinski definition) is 4. The Balaban J connectivity index is 1.89. The minimum atomic E-state index is -0.310. The summed E-state index contributed by atoms with van der Waals surface area (Å²) in [4.78, 5) is 11.8. The number of amides is 1. The molecular weight excluding hydrogens is 337 g/mol. The summed E-state index contributed by atoms with van der Waals surface area (Å²) < 4.78 is 5.19. The zero-order valence-corrected chi connectivity index (χ0v) is 13.9. The first kappa shape index (κ1) is 17.1. The zero-order chi connectivity index (χ0) is 16.7. The largest absolute Gasteiger partial charge is 0.495 e. The van der Waals surface area contributed by atoms with Crippen molar-refractivity contribution in [3.63, 3.8) is 0 Å². The number of halogens is 2. The average Bonchev–Trinajstić information content (AvgIpc) is 2.56. The number of ether oxygens (including phenoxy) is 1. The van der Waals surface area contributed by atoms with Gasteiger partial charge in [0.05, 0.1) is 35.6 Å². The van der Waals surface area contributed by atoms with Crippen molar-refractivity contribution in [1.29, 1.82) is 0 Å². The van der Waals surface area contributed by atoms with E-state index in [2.05, 4.69) is 15.8 Å². The molecule has 1 amide bonds. The number of rotatable bonds is 6. The molecule has 0 aliphatic carbocycles. The molecule has 2 rings (SSSR count). The Labute approximate surface area is 144 Å². The Morgan fingerprint density at radius 2 is 1.87 bits per heavy atom. The standard InChI is InChI=1S/C16H15Cl2N3O2/c1-23-15-8-3-2-7-14(15)19-10-16(22)21-20-9-11-12(17)5-4-6-13(11)18/h2-9,19H,10H2,1H3,(H,21,22)/b20-9-. The predicted molar refractivity (Wildman–Crippen MR) is 93.7 cm³/mol. The monoisotopic (exact) mass is 351 g/mol. The van der Waals surface area contributed by atoms with E-state index in [0.717, 1.165) is 5.69 Å². The average molecular weight is 352 g/mol. The minimum Gasteiger partial charge on any atom is -0.495 e. The van der Waals surface area contributed by atoms with Crippen LogP contribution in [0.25, 0.3) is 0 Å². The van der Waals surface area contributed by atoms with Gasteiger partial charge in [-0.25, -0.2) is 5.43 Å². The highest BCUT2D eigenvalue weighted by Crippen LogP contribution is 2.23. The quantitative estimate of drug-likeness (QED) is 0.617. The maximum absolute atomic E-state index is 11.8. The molecule has 0 heterocycles. The van der Waals surface area contributed by atoms with E-state index in [-0.39, 0.29) is 12.5 Å². The van der Waals surface area contributed by atoms with Gasteiger partial charge in [0, 0.05) is 5.56 Å². The lowest BCUT2D eigenvalue weighted by Gasteiger charge is -2.09. The van der Waals surface area contributed by atoms with E-state index in [9.17, 15) is 4.79 Å². The molecule has 120 valence electrons. The number of anilines is 1. The van der Waals surface area contributed by atoms with Gasteiger partial charge in [0.2, 0.25) is 0 Å². The van der Waals surface area contributed by atoms with Crippen molar-refractivity contribution in [2.45, 2.75) is 0 Å². The third kappa shape index (κ3) is 4.87. The van der Waals surface area contributed by atoms with E-state index < -0.39 is 0 Å². The van der Waals surface area contributed by atoms with E-state index in [1.54, 1.807) is 31.4 Å². The molecule has 0 atom stereocenters. The van der Waals surface area contributed by atoms with Crippen LogP contribution in [0.3, 0.4) is 0 Å². The molecule has 7 heteroatoms. The van der Waals surface area contributed by atoms with Crippen LogP contribution < -0.4 is 15.5 Å². The Bertz CT molecular complexity index is 700.